The summed E-state index contributed by atoms with van der Waals surface area (Å²) < 4.78 is 12.4. The van der Waals surface area contributed by atoms with Gasteiger partial charge in [0.2, 0.25) is 0 Å². The molecule has 0 unspecified atom stereocenters. The third-order valence-electron chi connectivity index (χ3n) is 7.29. The summed E-state index contributed by atoms with van der Waals surface area (Å²) in [5.74, 6) is 0.341. The first kappa shape index (κ1) is 28.5. The Bertz CT molecular complexity index is 1140. The number of amides is 1. The van der Waals surface area contributed by atoms with E-state index >= 15 is 0 Å². The number of ether oxygens (including phenoxy) is 1. The van der Waals surface area contributed by atoms with Crippen LogP contribution >= 0.6 is 23.2 Å². The third kappa shape index (κ3) is 6.63. The SMILES string of the molecule is C[C@H]1COc2c(C#N)cccc2C(=O)N(C[C@@H](CCO[Si](C)(C)C(C)(C)C)c2ccc(Cl)c(Cl)c2)C1. The first-order valence-electron chi connectivity index (χ1n) is 12.4. The van der Waals surface area contributed by atoms with E-state index in [0.717, 1.165) is 12.0 Å². The Morgan fingerprint density at radius 3 is 2.58 bits per heavy atom. The quantitative estimate of drug-likeness (QED) is 0.336. The maximum Gasteiger partial charge on any atom is 0.257 e. The monoisotopic (exact) mass is 546 g/mol. The summed E-state index contributed by atoms with van der Waals surface area (Å²) in [5, 5.41) is 10.7. The normalized spacial score (nSPS) is 17.5. The molecule has 0 aromatic heterocycles. The summed E-state index contributed by atoms with van der Waals surface area (Å²) in [6, 6.07) is 13.0. The predicted octanol–water partition coefficient (Wildman–Crippen LogP) is 7.53. The van der Waals surface area contributed by atoms with Gasteiger partial charge in [-0.2, -0.15) is 5.26 Å². The second-order valence-electron chi connectivity index (χ2n) is 11.2. The molecule has 36 heavy (non-hydrogen) atoms. The molecule has 2 aromatic carbocycles. The number of nitrogens with zero attached hydrogens (tertiary/aromatic N) is 2. The van der Waals surface area contributed by atoms with E-state index in [1.165, 1.54) is 0 Å². The molecule has 0 spiro atoms. The van der Waals surface area contributed by atoms with Gasteiger partial charge in [0.25, 0.3) is 5.91 Å². The van der Waals surface area contributed by atoms with Gasteiger partial charge in [0.15, 0.2) is 8.32 Å². The molecule has 0 aliphatic carbocycles. The third-order valence-corrected chi connectivity index (χ3v) is 12.6. The van der Waals surface area contributed by atoms with Gasteiger partial charge in [0, 0.05) is 31.5 Å². The average Bonchev–Trinajstić information content (AvgIpc) is 2.81. The summed E-state index contributed by atoms with van der Waals surface area (Å²) in [5.41, 5.74) is 1.82. The van der Waals surface area contributed by atoms with Crippen LogP contribution in [0.3, 0.4) is 0 Å². The van der Waals surface area contributed by atoms with E-state index in [0.29, 0.717) is 53.2 Å². The molecule has 5 nitrogen and oxygen atoms in total. The molecule has 2 aromatic rings. The Labute approximate surface area is 226 Å². The lowest BCUT2D eigenvalue weighted by molar-refractivity contribution is 0.0664. The summed E-state index contributed by atoms with van der Waals surface area (Å²) in [4.78, 5) is 15.6. The van der Waals surface area contributed by atoms with Crippen LogP contribution in [-0.2, 0) is 4.43 Å². The fourth-order valence-corrected chi connectivity index (χ4v) is 5.45. The molecular weight excluding hydrogens is 511 g/mol. The van der Waals surface area contributed by atoms with Crippen molar-refractivity contribution in [2.45, 2.75) is 58.2 Å². The second kappa shape index (κ2) is 11.6. The molecular formula is C28H36Cl2N2O3Si. The highest BCUT2D eigenvalue weighted by Crippen LogP contribution is 2.37. The highest BCUT2D eigenvalue weighted by atomic mass is 35.5. The first-order chi connectivity index (χ1) is 16.8. The summed E-state index contributed by atoms with van der Waals surface area (Å²) in [7, 11) is -1.92. The van der Waals surface area contributed by atoms with E-state index < -0.39 is 8.32 Å². The molecule has 1 amide bonds. The Morgan fingerprint density at radius 1 is 1.22 bits per heavy atom. The van der Waals surface area contributed by atoms with Crippen LogP contribution in [0.15, 0.2) is 36.4 Å². The molecule has 0 bridgehead atoms. The minimum absolute atomic E-state index is 0.00336. The van der Waals surface area contributed by atoms with E-state index in [1.54, 1.807) is 24.3 Å². The van der Waals surface area contributed by atoms with E-state index in [9.17, 15) is 10.1 Å². The van der Waals surface area contributed by atoms with Gasteiger partial charge in [-0.15, -0.1) is 0 Å². The molecule has 1 heterocycles. The van der Waals surface area contributed by atoms with Crippen molar-refractivity contribution in [1.29, 1.82) is 5.26 Å². The minimum atomic E-state index is -1.92. The zero-order valence-electron chi connectivity index (χ0n) is 22.0. The largest absolute Gasteiger partial charge is 0.491 e. The average molecular weight is 548 g/mol. The Hall–Kier alpha value is -2.04. The number of carbonyl (C=O) groups is 1. The van der Waals surface area contributed by atoms with E-state index in [2.05, 4.69) is 46.9 Å². The van der Waals surface area contributed by atoms with Gasteiger partial charge in [-0.25, -0.2) is 0 Å². The van der Waals surface area contributed by atoms with Crippen LogP contribution < -0.4 is 4.74 Å². The van der Waals surface area contributed by atoms with Gasteiger partial charge < -0.3 is 14.1 Å². The Kier molecular flexibility index (Phi) is 9.16. The number of halogens is 2. The van der Waals surface area contributed by atoms with E-state index in [1.807, 2.05) is 17.0 Å². The fourth-order valence-electron chi connectivity index (χ4n) is 4.08. The van der Waals surface area contributed by atoms with Crippen LogP contribution in [0.1, 0.15) is 61.5 Å². The molecule has 2 atom stereocenters. The van der Waals surface area contributed by atoms with E-state index in [4.69, 9.17) is 32.4 Å². The minimum Gasteiger partial charge on any atom is -0.491 e. The number of hydrogen-bond donors (Lipinski definition) is 0. The van der Waals surface area contributed by atoms with Crippen molar-refractivity contribution in [2.24, 2.45) is 5.92 Å². The first-order valence-corrected chi connectivity index (χ1v) is 16.0. The van der Waals surface area contributed by atoms with Gasteiger partial charge in [0.05, 0.1) is 27.8 Å². The zero-order chi connectivity index (χ0) is 26.7. The molecule has 1 aliphatic rings. The molecule has 3 rings (SSSR count). The Balaban J connectivity index is 1.91. The lowest BCUT2D eigenvalue weighted by atomic mass is 9.94. The van der Waals surface area contributed by atoms with Crippen LogP contribution in [0.4, 0.5) is 0 Å². The summed E-state index contributed by atoms with van der Waals surface area (Å²) in [6.45, 7) is 15.3. The summed E-state index contributed by atoms with van der Waals surface area (Å²) >= 11 is 12.6. The smallest absolute Gasteiger partial charge is 0.257 e. The topological polar surface area (TPSA) is 62.6 Å². The highest BCUT2D eigenvalue weighted by Gasteiger charge is 2.37. The van der Waals surface area contributed by atoms with Gasteiger partial charge in [0.1, 0.15) is 11.8 Å². The van der Waals surface area contributed by atoms with Crippen LogP contribution in [0.5, 0.6) is 5.75 Å². The van der Waals surface area contributed by atoms with E-state index in [-0.39, 0.29) is 22.8 Å². The van der Waals surface area contributed by atoms with Crippen LogP contribution in [0.25, 0.3) is 0 Å². The molecule has 0 saturated carbocycles. The molecule has 194 valence electrons. The van der Waals surface area contributed by atoms with Crippen molar-refractivity contribution >= 4 is 37.4 Å². The number of fused-ring (bicyclic) bond motifs is 1. The van der Waals surface area contributed by atoms with Crippen LogP contribution in [0, 0.1) is 17.2 Å². The highest BCUT2D eigenvalue weighted by molar-refractivity contribution is 6.74. The number of rotatable bonds is 7. The number of nitriles is 1. The predicted molar refractivity (Wildman–Crippen MR) is 149 cm³/mol. The van der Waals surface area contributed by atoms with Gasteiger partial charge in [-0.3, -0.25) is 4.79 Å². The van der Waals surface area contributed by atoms with Gasteiger partial charge in [-0.05, 0) is 54.4 Å². The number of hydrogen-bond acceptors (Lipinski definition) is 4. The zero-order valence-corrected chi connectivity index (χ0v) is 24.5. The number of para-hydroxylation sites is 1. The second-order valence-corrected chi connectivity index (χ2v) is 16.8. The lowest BCUT2D eigenvalue weighted by Gasteiger charge is -2.37. The molecule has 0 saturated heterocycles. The maximum atomic E-state index is 13.7. The number of benzene rings is 2. The summed E-state index contributed by atoms with van der Waals surface area (Å²) in [6.07, 6.45) is 0.740. The number of carbonyl (C=O) groups excluding carboxylic acids is 1. The van der Waals surface area contributed by atoms with Crippen molar-refractivity contribution in [3.63, 3.8) is 0 Å². The molecule has 0 fully saturated rings. The molecule has 8 heteroatoms. The maximum absolute atomic E-state index is 13.7. The molecule has 0 radical (unpaired) electrons. The fraction of sp³-hybridized carbons (Fsp3) is 0.500. The van der Waals surface area contributed by atoms with Crippen molar-refractivity contribution in [3.05, 3.63) is 63.1 Å². The van der Waals surface area contributed by atoms with Crippen molar-refractivity contribution in [3.8, 4) is 11.8 Å². The van der Waals surface area contributed by atoms with Crippen molar-refractivity contribution in [1.82, 2.24) is 4.90 Å². The van der Waals surface area contributed by atoms with Crippen LogP contribution in [0.2, 0.25) is 28.2 Å². The van der Waals surface area contributed by atoms with Gasteiger partial charge >= 0.3 is 0 Å². The standard InChI is InChI=1S/C28H36Cl2N2O3Si/c1-19-16-32(27(33)23-9-7-8-21(15-31)26(23)34-18-19)17-22(20-10-11-24(29)25(30)14-20)12-13-35-36(5,6)28(2,3)4/h7-11,14,19,22H,12-13,16-18H2,1-6H3/t19-,22-/m1/s1. The van der Waals surface area contributed by atoms with Crippen molar-refractivity contribution in [2.75, 3.05) is 26.3 Å². The van der Waals surface area contributed by atoms with Gasteiger partial charge in [-0.1, -0.05) is 63.0 Å². The van der Waals surface area contributed by atoms with Crippen LogP contribution in [-0.4, -0.2) is 45.4 Å². The molecule has 1 aliphatic heterocycles. The van der Waals surface area contributed by atoms with Crippen molar-refractivity contribution < 1.29 is 14.0 Å². The Morgan fingerprint density at radius 2 is 1.94 bits per heavy atom. The molecule has 0 N–H and O–H groups in total. The lowest BCUT2D eigenvalue weighted by Crippen LogP contribution is -2.42.